The van der Waals surface area contributed by atoms with Crippen LogP contribution < -0.4 is 10.6 Å². The molecule has 0 aliphatic carbocycles. The van der Waals surface area contributed by atoms with Crippen LogP contribution in [0.2, 0.25) is 5.02 Å². The first-order valence-electron chi connectivity index (χ1n) is 5.01. The number of amides is 2. The summed E-state index contributed by atoms with van der Waals surface area (Å²) in [5.41, 5.74) is 0.665. The van der Waals surface area contributed by atoms with Crippen LogP contribution in [0.5, 0.6) is 0 Å². The van der Waals surface area contributed by atoms with E-state index in [9.17, 15) is 4.79 Å². The molecule has 94 valence electrons. The summed E-state index contributed by atoms with van der Waals surface area (Å²) in [5.74, 6) is 0. The predicted octanol–water partition coefficient (Wildman–Crippen LogP) is 2.08. The average molecular weight is 259 g/mol. The third-order valence-corrected chi connectivity index (χ3v) is 2.31. The molecule has 0 saturated carbocycles. The fraction of sp³-hybridized carbons (Fsp3) is 0.364. The molecule has 0 spiro atoms. The number of methoxy groups -OCH3 is 2. The van der Waals surface area contributed by atoms with Crippen LogP contribution in [0.3, 0.4) is 0 Å². The Morgan fingerprint density at radius 2 is 1.88 bits per heavy atom. The highest BCUT2D eigenvalue weighted by Gasteiger charge is 2.07. The quantitative estimate of drug-likeness (QED) is 0.795. The van der Waals surface area contributed by atoms with Gasteiger partial charge in [-0.05, 0) is 24.3 Å². The summed E-state index contributed by atoms with van der Waals surface area (Å²) in [6.07, 6.45) is -0.453. The molecule has 2 amide bonds. The number of carbonyl (C=O) groups excluding carboxylic acids is 1. The Morgan fingerprint density at radius 1 is 1.29 bits per heavy atom. The molecule has 5 nitrogen and oxygen atoms in total. The van der Waals surface area contributed by atoms with Crippen molar-refractivity contribution in [1.82, 2.24) is 5.32 Å². The maximum absolute atomic E-state index is 11.5. The van der Waals surface area contributed by atoms with Gasteiger partial charge in [0.25, 0.3) is 0 Å². The van der Waals surface area contributed by atoms with E-state index in [0.717, 1.165) is 0 Å². The van der Waals surface area contributed by atoms with Gasteiger partial charge in [0.2, 0.25) is 0 Å². The largest absolute Gasteiger partial charge is 0.354 e. The zero-order valence-corrected chi connectivity index (χ0v) is 10.5. The van der Waals surface area contributed by atoms with Crippen LogP contribution >= 0.6 is 11.6 Å². The maximum Gasteiger partial charge on any atom is 0.319 e. The molecule has 1 aromatic rings. The van der Waals surface area contributed by atoms with Gasteiger partial charge in [0.15, 0.2) is 6.29 Å². The molecular weight excluding hydrogens is 244 g/mol. The second-order valence-corrected chi connectivity index (χ2v) is 3.68. The van der Waals surface area contributed by atoms with E-state index in [1.807, 2.05) is 0 Å². The molecule has 0 aromatic heterocycles. The van der Waals surface area contributed by atoms with E-state index >= 15 is 0 Å². The number of carbonyl (C=O) groups is 1. The van der Waals surface area contributed by atoms with Gasteiger partial charge in [-0.1, -0.05) is 11.6 Å². The molecule has 0 fully saturated rings. The fourth-order valence-corrected chi connectivity index (χ4v) is 1.27. The van der Waals surface area contributed by atoms with E-state index in [-0.39, 0.29) is 12.6 Å². The number of ether oxygens (including phenoxy) is 2. The minimum absolute atomic E-state index is 0.270. The average Bonchev–Trinajstić information content (AvgIpc) is 2.33. The Labute approximate surface area is 105 Å². The molecule has 0 atom stereocenters. The number of hydrogen-bond acceptors (Lipinski definition) is 3. The number of halogens is 1. The molecule has 2 N–H and O–H groups in total. The summed E-state index contributed by atoms with van der Waals surface area (Å²) in [4.78, 5) is 11.5. The summed E-state index contributed by atoms with van der Waals surface area (Å²) in [7, 11) is 3.01. The van der Waals surface area contributed by atoms with Crippen LogP contribution in [0.15, 0.2) is 24.3 Å². The zero-order chi connectivity index (χ0) is 12.7. The summed E-state index contributed by atoms with van der Waals surface area (Å²) in [5, 5.41) is 5.89. The van der Waals surface area contributed by atoms with Crippen LogP contribution in [0.1, 0.15) is 0 Å². The van der Waals surface area contributed by atoms with Gasteiger partial charge in [-0.15, -0.1) is 0 Å². The van der Waals surface area contributed by atoms with Crippen molar-refractivity contribution in [1.29, 1.82) is 0 Å². The molecule has 1 rings (SSSR count). The third kappa shape index (κ3) is 5.04. The number of urea groups is 1. The van der Waals surface area contributed by atoms with E-state index in [1.165, 1.54) is 14.2 Å². The Bertz CT molecular complexity index is 352. The first kappa shape index (κ1) is 13.8. The lowest BCUT2D eigenvalue weighted by Crippen LogP contribution is -2.36. The molecular formula is C11H15ClN2O3. The van der Waals surface area contributed by atoms with Gasteiger partial charge in [-0.3, -0.25) is 0 Å². The molecule has 17 heavy (non-hydrogen) atoms. The second kappa shape index (κ2) is 7.11. The molecule has 0 bridgehead atoms. The Balaban J connectivity index is 2.37. The molecule has 0 unspecified atom stereocenters. The number of benzene rings is 1. The number of nitrogens with one attached hydrogen (secondary N) is 2. The number of anilines is 1. The van der Waals surface area contributed by atoms with Gasteiger partial charge in [0, 0.05) is 24.9 Å². The molecule has 0 radical (unpaired) electrons. The van der Waals surface area contributed by atoms with Crippen molar-refractivity contribution >= 4 is 23.3 Å². The van der Waals surface area contributed by atoms with Crippen molar-refractivity contribution in [2.45, 2.75) is 6.29 Å². The Hall–Kier alpha value is -1.30. The van der Waals surface area contributed by atoms with Gasteiger partial charge < -0.3 is 20.1 Å². The Morgan fingerprint density at radius 3 is 2.41 bits per heavy atom. The summed E-state index contributed by atoms with van der Waals surface area (Å²) < 4.78 is 9.87. The SMILES string of the molecule is COC(CNC(=O)Nc1ccc(Cl)cc1)OC. The van der Waals surface area contributed by atoms with Crippen LogP contribution in [0.25, 0.3) is 0 Å². The molecule has 6 heteroatoms. The van der Waals surface area contributed by atoms with Crippen LogP contribution in [-0.4, -0.2) is 33.1 Å². The van der Waals surface area contributed by atoms with Crippen molar-refractivity contribution in [3.05, 3.63) is 29.3 Å². The standard InChI is InChI=1S/C11H15ClN2O3/c1-16-10(17-2)7-13-11(15)14-9-5-3-8(12)4-6-9/h3-6,10H,7H2,1-2H3,(H2,13,14,15). The monoisotopic (exact) mass is 258 g/mol. The lowest BCUT2D eigenvalue weighted by atomic mass is 10.3. The van der Waals surface area contributed by atoms with Gasteiger partial charge in [-0.25, -0.2) is 4.79 Å². The lowest BCUT2D eigenvalue weighted by Gasteiger charge is -2.14. The van der Waals surface area contributed by atoms with Gasteiger partial charge >= 0.3 is 6.03 Å². The minimum atomic E-state index is -0.453. The van der Waals surface area contributed by atoms with E-state index in [2.05, 4.69) is 10.6 Å². The highest BCUT2D eigenvalue weighted by atomic mass is 35.5. The van der Waals surface area contributed by atoms with Crippen molar-refractivity contribution in [2.75, 3.05) is 26.1 Å². The van der Waals surface area contributed by atoms with Crippen molar-refractivity contribution in [2.24, 2.45) is 0 Å². The van der Waals surface area contributed by atoms with Gasteiger partial charge in [-0.2, -0.15) is 0 Å². The highest BCUT2D eigenvalue weighted by molar-refractivity contribution is 6.30. The number of rotatable bonds is 5. The van der Waals surface area contributed by atoms with Crippen molar-refractivity contribution < 1.29 is 14.3 Å². The Kier molecular flexibility index (Phi) is 5.76. The normalized spacial score (nSPS) is 10.4. The molecule has 0 saturated heterocycles. The first-order valence-corrected chi connectivity index (χ1v) is 5.39. The molecule has 0 heterocycles. The topological polar surface area (TPSA) is 59.6 Å². The van der Waals surface area contributed by atoms with Crippen molar-refractivity contribution in [3.8, 4) is 0 Å². The maximum atomic E-state index is 11.5. The summed E-state index contributed by atoms with van der Waals surface area (Å²) in [6.45, 7) is 0.270. The zero-order valence-electron chi connectivity index (χ0n) is 9.70. The highest BCUT2D eigenvalue weighted by Crippen LogP contribution is 2.12. The predicted molar refractivity (Wildman–Crippen MR) is 66.3 cm³/mol. The van der Waals surface area contributed by atoms with Gasteiger partial charge in [0.1, 0.15) is 0 Å². The van der Waals surface area contributed by atoms with Crippen LogP contribution in [0.4, 0.5) is 10.5 Å². The molecule has 1 aromatic carbocycles. The van der Waals surface area contributed by atoms with Crippen LogP contribution in [-0.2, 0) is 9.47 Å². The van der Waals surface area contributed by atoms with E-state index in [0.29, 0.717) is 10.7 Å². The lowest BCUT2D eigenvalue weighted by molar-refractivity contribution is -0.0970. The van der Waals surface area contributed by atoms with E-state index in [1.54, 1.807) is 24.3 Å². The third-order valence-electron chi connectivity index (χ3n) is 2.06. The molecule has 0 aliphatic heterocycles. The first-order chi connectivity index (χ1) is 8.15. The fourth-order valence-electron chi connectivity index (χ4n) is 1.15. The summed E-state index contributed by atoms with van der Waals surface area (Å²) >= 11 is 5.73. The van der Waals surface area contributed by atoms with Crippen molar-refractivity contribution in [3.63, 3.8) is 0 Å². The number of hydrogen-bond donors (Lipinski definition) is 2. The summed E-state index contributed by atoms with van der Waals surface area (Å²) in [6, 6.07) is 6.50. The van der Waals surface area contributed by atoms with Gasteiger partial charge in [0.05, 0.1) is 6.54 Å². The minimum Gasteiger partial charge on any atom is -0.354 e. The second-order valence-electron chi connectivity index (χ2n) is 3.24. The van der Waals surface area contributed by atoms with E-state index < -0.39 is 6.29 Å². The van der Waals surface area contributed by atoms with E-state index in [4.69, 9.17) is 21.1 Å². The van der Waals surface area contributed by atoms with Crippen LogP contribution in [0, 0.1) is 0 Å². The smallest absolute Gasteiger partial charge is 0.319 e. The molecule has 0 aliphatic rings.